The number of likely N-dealkylation sites (N-methyl/N-ethyl adjacent to an activating group) is 1. The molecule has 3 aromatic rings. The van der Waals surface area contributed by atoms with E-state index in [1.807, 2.05) is 37.3 Å². The van der Waals surface area contributed by atoms with Crippen LogP contribution >= 0.6 is 0 Å². The van der Waals surface area contributed by atoms with Gasteiger partial charge in [-0.1, -0.05) is 30.3 Å². The number of carbonyl (C=O) groups excluding carboxylic acids is 1. The second kappa shape index (κ2) is 8.88. The van der Waals surface area contributed by atoms with E-state index in [1.165, 1.54) is 4.90 Å². The van der Waals surface area contributed by atoms with Gasteiger partial charge in [-0.25, -0.2) is 18.4 Å². The third kappa shape index (κ3) is 4.51. The molecule has 148 valence electrons. The van der Waals surface area contributed by atoms with Gasteiger partial charge in [-0.05, 0) is 20.0 Å². The number of nitrogens with one attached hydrogen (secondary N) is 1. The number of rotatable bonds is 8. The predicted molar refractivity (Wildman–Crippen MR) is 104 cm³/mol. The maximum Gasteiger partial charge on any atom is 0.252 e. The number of halogens is 2. The summed E-state index contributed by atoms with van der Waals surface area (Å²) in [6.45, 7) is 2.88. The lowest BCUT2D eigenvalue weighted by Crippen LogP contribution is -2.35. The van der Waals surface area contributed by atoms with Crippen LogP contribution < -0.4 is 5.32 Å². The van der Waals surface area contributed by atoms with Gasteiger partial charge in [-0.15, -0.1) is 0 Å². The maximum absolute atomic E-state index is 12.8. The lowest BCUT2D eigenvalue weighted by Gasteiger charge is -2.16. The Kier molecular flexibility index (Phi) is 6.30. The first-order valence-electron chi connectivity index (χ1n) is 9.16. The van der Waals surface area contributed by atoms with Crippen molar-refractivity contribution in [2.45, 2.75) is 19.9 Å². The smallest absolute Gasteiger partial charge is 0.252 e. The van der Waals surface area contributed by atoms with Crippen LogP contribution in [0.5, 0.6) is 0 Å². The van der Waals surface area contributed by atoms with E-state index >= 15 is 0 Å². The number of aryl methyl sites for hydroxylation is 1. The molecule has 2 aromatic heterocycles. The molecule has 1 N–H and O–H groups in total. The van der Waals surface area contributed by atoms with Crippen molar-refractivity contribution in [2.75, 3.05) is 26.7 Å². The Morgan fingerprint density at radius 3 is 2.71 bits per heavy atom. The number of benzene rings is 1. The largest absolute Gasteiger partial charge is 0.351 e. The monoisotopic (exact) mass is 387 g/mol. The molecular weight excluding hydrogens is 364 g/mol. The molecular formula is C20H23F2N5O. The van der Waals surface area contributed by atoms with Crippen LogP contribution in [-0.4, -0.2) is 58.7 Å². The number of amides is 1. The Labute approximate surface area is 162 Å². The molecule has 0 aliphatic carbocycles. The van der Waals surface area contributed by atoms with Gasteiger partial charge in [-0.3, -0.25) is 9.69 Å². The quantitative estimate of drug-likeness (QED) is 0.645. The van der Waals surface area contributed by atoms with Crippen LogP contribution in [-0.2, 0) is 6.54 Å². The van der Waals surface area contributed by atoms with Crippen LogP contribution in [0.1, 0.15) is 17.3 Å². The van der Waals surface area contributed by atoms with Crippen LogP contribution in [0.2, 0.25) is 0 Å². The fraction of sp³-hybridized carbons (Fsp3) is 0.350. The minimum Gasteiger partial charge on any atom is -0.351 e. The first kappa shape index (κ1) is 19.9. The number of fused-ring (bicyclic) bond motifs is 1. The van der Waals surface area contributed by atoms with E-state index in [0.29, 0.717) is 35.4 Å². The standard InChI is InChI=1S/C20H23F2N5O/c1-3-27-19-16(12-24-27)15(11-17(25-19)14-7-5-4-6-8-14)20(28)23-9-10-26(2)13-18(21)22/h4-8,11-12,18H,3,9-10,13H2,1-2H3,(H,23,28). The normalized spacial score (nSPS) is 11.5. The van der Waals surface area contributed by atoms with Gasteiger partial charge in [0.15, 0.2) is 5.65 Å². The zero-order chi connectivity index (χ0) is 20.1. The molecule has 0 aliphatic rings. The third-order valence-electron chi connectivity index (χ3n) is 4.45. The highest BCUT2D eigenvalue weighted by molar-refractivity contribution is 6.06. The van der Waals surface area contributed by atoms with E-state index in [0.717, 1.165) is 5.56 Å². The highest BCUT2D eigenvalue weighted by atomic mass is 19.3. The van der Waals surface area contributed by atoms with Crippen molar-refractivity contribution in [3.63, 3.8) is 0 Å². The SMILES string of the molecule is CCn1ncc2c(C(=O)NCCN(C)CC(F)F)cc(-c3ccccc3)nc21. The zero-order valence-electron chi connectivity index (χ0n) is 15.9. The third-order valence-corrected chi connectivity index (χ3v) is 4.45. The molecule has 0 aliphatic heterocycles. The van der Waals surface area contributed by atoms with Gasteiger partial charge < -0.3 is 5.32 Å². The number of nitrogens with zero attached hydrogens (tertiary/aromatic N) is 4. The zero-order valence-corrected chi connectivity index (χ0v) is 15.9. The van der Waals surface area contributed by atoms with E-state index in [9.17, 15) is 13.6 Å². The summed E-state index contributed by atoms with van der Waals surface area (Å²) in [5.41, 5.74) is 2.70. The van der Waals surface area contributed by atoms with Gasteiger partial charge in [0, 0.05) is 25.2 Å². The summed E-state index contributed by atoms with van der Waals surface area (Å²) in [7, 11) is 1.60. The molecule has 1 amide bonds. The predicted octanol–water partition coefficient (Wildman–Crippen LogP) is 3.04. The Balaban J connectivity index is 1.87. The van der Waals surface area contributed by atoms with Gasteiger partial charge in [0.1, 0.15) is 0 Å². The van der Waals surface area contributed by atoms with E-state index < -0.39 is 6.43 Å². The topological polar surface area (TPSA) is 63.1 Å². The molecule has 2 heterocycles. The van der Waals surface area contributed by atoms with Crippen molar-refractivity contribution < 1.29 is 13.6 Å². The van der Waals surface area contributed by atoms with Crippen molar-refractivity contribution in [3.05, 3.63) is 48.2 Å². The van der Waals surface area contributed by atoms with Crippen molar-refractivity contribution in [1.29, 1.82) is 0 Å². The molecule has 0 spiro atoms. The van der Waals surface area contributed by atoms with E-state index in [-0.39, 0.29) is 19.0 Å². The first-order chi connectivity index (χ1) is 13.5. The van der Waals surface area contributed by atoms with Gasteiger partial charge in [0.05, 0.1) is 29.4 Å². The Hall–Kier alpha value is -2.87. The Bertz CT molecular complexity index is 942. The minimum absolute atomic E-state index is 0.272. The van der Waals surface area contributed by atoms with Gasteiger partial charge >= 0.3 is 0 Å². The molecule has 1 aromatic carbocycles. The first-order valence-corrected chi connectivity index (χ1v) is 9.16. The van der Waals surface area contributed by atoms with Crippen LogP contribution in [0.3, 0.4) is 0 Å². The van der Waals surface area contributed by atoms with Gasteiger partial charge in [-0.2, -0.15) is 5.10 Å². The van der Waals surface area contributed by atoms with E-state index in [1.54, 1.807) is 24.0 Å². The fourth-order valence-corrected chi connectivity index (χ4v) is 3.01. The molecule has 0 radical (unpaired) electrons. The summed E-state index contributed by atoms with van der Waals surface area (Å²) in [5.74, 6) is -0.273. The average molecular weight is 387 g/mol. The minimum atomic E-state index is -2.39. The Morgan fingerprint density at radius 1 is 1.29 bits per heavy atom. The summed E-state index contributed by atoms with van der Waals surface area (Å²) in [6.07, 6.45) is -0.757. The molecule has 3 rings (SSSR count). The highest BCUT2D eigenvalue weighted by Crippen LogP contribution is 2.24. The maximum atomic E-state index is 12.8. The highest BCUT2D eigenvalue weighted by Gasteiger charge is 2.17. The van der Waals surface area contributed by atoms with Gasteiger partial charge in [0.2, 0.25) is 0 Å². The number of pyridine rings is 1. The van der Waals surface area contributed by atoms with Crippen molar-refractivity contribution in [2.24, 2.45) is 0 Å². The van der Waals surface area contributed by atoms with E-state index in [2.05, 4.69) is 15.4 Å². The summed E-state index contributed by atoms with van der Waals surface area (Å²) >= 11 is 0. The van der Waals surface area contributed by atoms with Crippen molar-refractivity contribution in [3.8, 4) is 11.3 Å². The second-order valence-corrected chi connectivity index (χ2v) is 6.53. The molecule has 0 bridgehead atoms. The number of hydrogen-bond donors (Lipinski definition) is 1. The lowest BCUT2D eigenvalue weighted by molar-refractivity contribution is 0.0921. The van der Waals surface area contributed by atoms with Gasteiger partial charge in [0.25, 0.3) is 12.3 Å². The van der Waals surface area contributed by atoms with E-state index in [4.69, 9.17) is 0 Å². The summed E-state index contributed by atoms with van der Waals surface area (Å²) < 4.78 is 26.6. The van der Waals surface area contributed by atoms with Crippen LogP contribution in [0.25, 0.3) is 22.3 Å². The number of carbonyl (C=O) groups is 1. The molecule has 6 nitrogen and oxygen atoms in total. The lowest BCUT2D eigenvalue weighted by atomic mass is 10.1. The fourth-order valence-electron chi connectivity index (χ4n) is 3.01. The number of aromatic nitrogens is 3. The number of alkyl halides is 2. The molecule has 0 saturated carbocycles. The van der Waals surface area contributed by atoms with Crippen LogP contribution in [0.4, 0.5) is 8.78 Å². The second-order valence-electron chi connectivity index (χ2n) is 6.53. The van der Waals surface area contributed by atoms with Crippen LogP contribution in [0, 0.1) is 0 Å². The summed E-state index contributed by atoms with van der Waals surface area (Å²) in [4.78, 5) is 19.0. The summed E-state index contributed by atoms with van der Waals surface area (Å²) in [5, 5.41) is 7.79. The molecule has 0 unspecified atom stereocenters. The molecule has 8 heteroatoms. The Morgan fingerprint density at radius 2 is 2.04 bits per heavy atom. The van der Waals surface area contributed by atoms with Crippen molar-refractivity contribution in [1.82, 2.24) is 25.0 Å². The molecule has 0 fully saturated rings. The molecule has 28 heavy (non-hydrogen) atoms. The van der Waals surface area contributed by atoms with Crippen molar-refractivity contribution >= 4 is 16.9 Å². The summed E-state index contributed by atoms with van der Waals surface area (Å²) in [6, 6.07) is 11.4. The number of hydrogen-bond acceptors (Lipinski definition) is 4. The molecule has 0 saturated heterocycles. The molecule has 0 atom stereocenters. The average Bonchev–Trinajstić information content (AvgIpc) is 3.10. The van der Waals surface area contributed by atoms with Crippen LogP contribution in [0.15, 0.2) is 42.6 Å².